The topological polar surface area (TPSA) is 98.5 Å². The fourth-order valence-corrected chi connectivity index (χ4v) is 4.02. The van der Waals surface area contributed by atoms with Gasteiger partial charge in [0.2, 0.25) is 0 Å². The molecule has 148 valence electrons. The van der Waals surface area contributed by atoms with Gasteiger partial charge in [-0.2, -0.15) is 13.1 Å². The lowest BCUT2D eigenvalue weighted by Gasteiger charge is -2.11. The highest BCUT2D eigenvalue weighted by Crippen LogP contribution is 2.20. The van der Waals surface area contributed by atoms with Gasteiger partial charge in [-0.25, -0.2) is 0 Å². The zero-order chi connectivity index (χ0) is 20.1. The van der Waals surface area contributed by atoms with E-state index < -0.39 is 10.0 Å². The molecule has 28 heavy (non-hydrogen) atoms. The minimum Gasteiger partial charge on any atom is -0.483 e. The van der Waals surface area contributed by atoms with E-state index in [-0.39, 0.29) is 17.4 Å². The standard InChI is InChI=1S/C20H23N3O4S/c1-14-6-3-9-18(15(14)2)27-13-20(24)22-16-7-4-8-17(12-16)28(25,26)23-19-10-5-11-21-19/h3-4,6-9,12H,5,10-11,13H2,1-2H3,(H,21,23)(H,22,24)/p+1. The van der Waals surface area contributed by atoms with Gasteiger partial charge in [-0.05, 0) is 55.7 Å². The van der Waals surface area contributed by atoms with E-state index in [1.807, 2.05) is 32.0 Å². The normalized spacial score (nSPS) is 13.7. The highest BCUT2D eigenvalue weighted by Gasteiger charge is 2.24. The third-order valence-electron chi connectivity index (χ3n) is 4.54. The Labute approximate surface area is 164 Å². The number of aryl methyl sites for hydroxylation is 1. The van der Waals surface area contributed by atoms with Gasteiger partial charge in [0.05, 0.1) is 13.0 Å². The number of hydrogen-bond donors (Lipinski definition) is 3. The molecule has 1 amide bonds. The van der Waals surface area contributed by atoms with Gasteiger partial charge in [-0.15, -0.1) is 0 Å². The Hall–Kier alpha value is -2.87. The largest absolute Gasteiger partial charge is 0.483 e. The van der Waals surface area contributed by atoms with Gasteiger partial charge in [0.25, 0.3) is 11.7 Å². The van der Waals surface area contributed by atoms with E-state index in [1.54, 1.807) is 12.1 Å². The Kier molecular flexibility index (Phi) is 5.99. The van der Waals surface area contributed by atoms with Crippen molar-refractivity contribution in [3.05, 3.63) is 53.6 Å². The number of benzene rings is 2. The second-order valence-electron chi connectivity index (χ2n) is 6.68. The van der Waals surface area contributed by atoms with Crippen molar-refractivity contribution in [1.29, 1.82) is 0 Å². The maximum absolute atomic E-state index is 12.5. The summed E-state index contributed by atoms with van der Waals surface area (Å²) in [4.78, 5) is 15.3. The molecule has 2 aromatic rings. The molecule has 2 aromatic carbocycles. The molecular formula is C20H24N3O4S+. The summed E-state index contributed by atoms with van der Waals surface area (Å²) in [6, 6.07) is 11.8. The Morgan fingerprint density at radius 1 is 1.18 bits per heavy atom. The first-order chi connectivity index (χ1) is 13.3. The number of carbonyl (C=O) groups is 1. The summed E-state index contributed by atoms with van der Waals surface area (Å²) in [6.45, 7) is 4.50. The predicted octanol–water partition coefficient (Wildman–Crippen LogP) is 0.872. The van der Waals surface area contributed by atoms with Crippen molar-refractivity contribution in [2.24, 2.45) is 0 Å². The van der Waals surface area contributed by atoms with E-state index in [0.29, 0.717) is 23.7 Å². The van der Waals surface area contributed by atoms with Crippen molar-refractivity contribution in [1.82, 2.24) is 4.72 Å². The number of carbonyl (C=O) groups excluding carboxylic acids is 1. The number of amides is 1. The summed E-state index contributed by atoms with van der Waals surface area (Å²) < 4.78 is 33.1. The SMILES string of the molecule is Cc1cccc(OCC(=O)Nc2cccc(S(=O)(=O)NC3=[NH+]CCC3)c2)c1C. The van der Waals surface area contributed by atoms with Crippen LogP contribution < -0.4 is 19.8 Å². The third kappa shape index (κ3) is 4.89. The van der Waals surface area contributed by atoms with Crippen molar-refractivity contribution in [2.75, 3.05) is 18.5 Å². The first-order valence-electron chi connectivity index (χ1n) is 9.06. The molecule has 0 aliphatic carbocycles. The average molecular weight is 402 g/mol. The first-order valence-corrected chi connectivity index (χ1v) is 10.5. The summed E-state index contributed by atoms with van der Waals surface area (Å²) in [5.41, 5.74) is 2.45. The minimum absolute atomic E-state index is 0.0851. The predicted molar refractivity (Wildman–Crippen MR) is 107 cm³/mol. The van der Waals surface area contributed by atoms with Crippen LogP contribution in [0.25, 0.3) is 0 Å². The highest BCUT2D eigenvalue weighted by atomic mass is 32.2. The smallest absolute Gasteiger partial charge is 0.328 e. The van der Waals surface area contributed by atoms with Gasteiger partial charge in [0.1, 0.15) is 10.6 Å². The molecule has 0 saturated heterocycles. The molecule has 1 aliphatic rings. The van der Waals surface area contributed by atoms with Crippen LogP contribution >= 0.6 is 0 Å². The number of amidine groups is 1. The zero-order valence-electron chi connectivity index (χ0n) is 15.9. The van der Waals surface area contributed by atoms with Crippen LogP contribution in [-0.2, 0) is 14.8 Å². The second kappa shape index (κ2) is 8.43. The van der Waals surface area contributed by atoms with Crippen molar-refractivity contribution in [3.63, 3.8) is 0 Å². The molecule has 1 aliphatic heterocycles. The van der Waals surface area contributed by atoms with Crippen molar-refractivity contribution < 1.29 is 22.9 Å². The van der Waals surface area contributed by atoms with Crippen LogP contribution in [0.1, 0.15) is 24.0 Å². The Morgan fingerprint density at radius 3 is 2.71 bits per heavy atom. The van der Waals surface area contributed by atoms with Gasteiger partial charge in [-0.3, -0.25) is 9.79 Å². The van der Waals surface area contributed by atoms with E-state index in [2.05, 4.69) is 15.0 Å². The fraction of sp³-hybridized carbons (Fsp3) is 0.300. The average Bonchev–Trinajstić information content (AvgIpc) is 3.15. The number of nitrogens with one attached hydrogen (secondary N) is 3. The number of hydrogen-bond acceptors (Lipinski definition) is 4. The van der Waals surface area contributed by atoms with Crippen LogP contribution in [0.2, 0.25) is 0 Å². The molecule has 8 heteroatoms. The molecule has 0 bridgehead atoms. The molecule has 3 rings (SSSR count). The first kappa shape index (κ1) is 19.9. The highest BCUT2D eigenvalue weighted by molar-refractivity contribution is 7.90. The molecule has 3 N–H and O–H groups in total. The van der Waals surface area contributed by atoms with Crippen molar-refractivity contribution >= 4 is 27.5 Å². The van der Waals surface area contributed by atoms with Gasteiger partial charge in [-0.1, -0.05) is 18.2 Å². The molecule has 0 aromatic heterocycles. The number of anilines is 1. The number of ether oxygens (including phenoxy) is 1. The van der Waals surface area contributed by atoms with Crippen LogP contribution in [0.5, 0.6) is 5.75 Å². The molecule has 0 radical (unpaired) electrons. The lowest BCUT2D eigenvalue weighted by atomic mass is 10.1. The lowest BCUT2D eigenvalue weighted by molar-refractivity contribution is -0.448. The van der Waals surface area contributed by atoms with Gasteiger partial charge < -0.3 is 10.1 Å². The summed E-state index contributed by atoms with van der Waals surface area (Å²) in [5.74, 6) is 0.878. The van der Waals surface area contributed by atoms with Gasteiger partial charge >= 0.3 is 10.0 Å². The zero-order valence-corrected chi connectivity index (χ0v) is 16.7. The van der Waals surface area contributed by atoms with Crippen molar-refractivity contribution in [3.8, 4) is 5.75 Å². The number of sulfonamides is 1. The lowest BCUT2D eigenvalue weighted by Crippen LogP contribution is -2.72. The Balaban J connectivity index is 1.63. The Bertz CT molecular complexity index is 1020. The summed E-state index contributed by atoms with van der Waals surface area (Å²) in [7, 11) is -3.70. The maximum atomic E-state index is 12.5. The molecule has 0 atom stereocenters. The van der Waals surface area contributed by atoms with Crippen molar-refractivity contribution in [2.45, 2.75) is 31.6 Å². The summed E-state index contributed by atoms with van der Waals surface area (Å²) >= 11 is 0. The quantitative estimate of drug-likeness (QED) is 0.668. The van der Waals surface area contributed by atoms with Crippen LogP contribution in [0.4, 0.5) is 5.69 Å². The van der Waals surface area contributed by atoms with E-state index >= 15 is 0 Å². The minimum atomic E-state index is -3.70. The van der Waals surface area contributed by atoms with E-state index in [4.69, 9.17) is 4.74 Å². The second-order valence-corrected chi connectivity index (χ2v) is 8.36. The van der Waals surface area contributed by atoms with Crippen LogP contribution in [0.3, 0.4) is 0 Å². The van der Waals surface area contributed by atoms with Gasteiger partial charge in [0.15, 0.2) is 6.61 Å². The van der Waals surface area contributed by atoms with E-state index in [9.17, 15) is 13.2 Å². The Morgan fingerprint density at radius 2 is 1.96 bits per heavy atom. The molecule has 0 unspecified atom stereocenters. The van der Waals surface area contributed by atoms with Crippen LogP contribution in [-0.4, -0.2) is 33.3 Å². The third-order valence-corrected chi connectivity index (χ3v) is 5.93. The van der Waals surface area contributed by atoms with E-state index in [0.717, 1.165) is 24.1 Å². The van der Waals surface area contributed by atoms with Crippen LogP contribution in [0, 0.1) is 13.8 Å². The monoisotopic (exact) mass is 402 g/mol. The molecular weight excluding hydrogens is 378 g/mol. The maximum Gasteiger partial charge on any atom is 0.328 e. The summed E-state index contributed by atoms with van der Waals surface area (Å²) in [5, 5.41) is 2.67. The molecule has 1 heterocycles. The summed E-state index contributed by atoms with van der Waals surface area (Å²) in [6.07, 6.45) is 1.57. The van der Waals surface area contributed by atoms with Gasteiger partial charge in [0, 0.05) is 5.69 Å². The number of rotatable bonds is 6. The molecule has 0 fully saturated rings. The van der Waals surface area contributed by atoms with Crippen LogP contribution in [0.15, 0.2) is 47.4 Å². The molecule has 0 spiro atoms. The van der Waals surface area contributed by atoms with E-state index in [1.165, 1.54) is 12.1 Å². The fourth-order valence-electron chi connectivity index (χ4n) is 2.86. The molecule has 0 saturated carbocycles. The molecule has 7 nitrogen and oxygen atoms in total.